The molecule has 2 aromatic carbocycles. The van der Waals surface area contributed by atoms with Crippen LogP contribution < -0.4 is 10.1 Å². The van der Waals surface area contributed by atoms with Crippen LogP contribution in [0.3, 0.4) is 0 Å². The number of aryl methyl sites for hydroxylation is 2. The average Bonchev–Trinajstić information content (AvgIpc) is 3.06. The average molecular weight is 395 g/mol. The molecule has 28 heavy (non-hydrogen) atoms. The fourth-order valence-electron chi connectivity index (χ4n) is 2.99. The summed E-state index contributed by atoms with van der Waals surface area (Å²) < 4.78 is 5.88. The number of nitrogens with zero attached hydrogens (tertiary/aromatic N) is 1. The van der Waals surface area contributed by atoms with Gasteiger partial charge in [-0.1, -0.05) is 56.7 Å². The Labute approximate surface area is 170 Å². The third kappa shape index (κ3) is 4.78. The second-order valence-electron chi connectivity index (χ2n) is 7.88. The molecular weight excluding hydrogens is 368 g/mol. The summed E-state index contributed by atoms with van der Waals surface area (Å²) in [5.74, 6) is 0.552. The molecule has 0 spiro atoms. The number of nitrogens with one attached hydrogen (secondary N) is 1. The Morgan fingerprint density at radius 1 is 1.14 bits per heavy atom. The number of benzene rings is 2. The maximum atomic E-state index is 12.5. The van der Waals surface area contributed by atoms with Crippen molar-refractivity contribution < 1.29 is 9.53 Å². The zero-order valence-electron chi connectivity index (χ0n) is 17.0. The largest absolute Gasteiger partial charge is 0.483 e. The molecule has 4 nitrogen and oxygen atoms in total. The fraction of sp³-hybridized carbons (Fsp3) is 0.304. The van der Waals surface area contributed by atoms with Crippen LogP contribution in [0.5, 0.6) is 5.75 Å². The molecule has 1 amide bonds. The predicted octanol–water partition coefficient (Wildman–Crippen LogP) is 5.74. The van der Waals surface area contributed by atoms with Crippen LogP contribution in [-0.4, -0.2) is 17.5 Å². The Bertz CT molecular complexity index is 986. The van der Waals surface area contributed by atoms with Crippen molar-refractivity contribution in [2.45, 2.75) is 40.0 Å². The van der Waals surface area contributed by atoms with E-state index in [1.54, 1.807) is 11.3 Å². The van der Waals surface area contributed by atoms with Crippen molar-refractivity contribution >= 4 is 22.9 Å². The molecule has 1 N–H and O–H groups in total. The minimum absolute atomic E-state index is 0.0451. The van der Waals surface area contributed by atoms with Crippen molar-refractivity contribution in [3.05, 3.63) is 64.0 Å². The quantitative estimate of drug-likeness (QED) is 0.600. The van der Waals surface area contributed by atoms with E-state index < -0.39 is 0 Å². The smallest absolute Gasteiger partial charge is 0.262 e. The number of aromatic nitrogens is 1. The maximum Gasteiger partial charge on any atom is 0.262 e. The van der Waals surface area contributed by atoms with Crippen molar-refractivity contribution in [1.82, 2.24) is 4.98 Å². The number of anilines is 1. The van der Waals surface area contributed by atoms with Gasteiger partial charge in [0.25, 0.3) is 5.91 Å². The monoisotopic (exact) mass is 394 g/mol. The number of hydrogen-bond acceptors (Lipinski definition) is 4. The normalized spacial score (nSPS) is 11.3. The number of carbonyl (C=O) groups excluding carboxylic acids is 1. The van der Waals surface area contributed by atoms with E-state index >= 15 is 0 Å². The van der Waals surface area contributed by atoms with E-state index in [1.807, 2.05) is 48.7 Å². The standard InChI is InChI=1S/C23H26N2O2S/c1-15-10-11-21(18(12-15)23(3,4)5)27-13-22(26)25-19-9-7-6-8-17(19)20-14-28-16(2)24-20/h6-12,14H,13H2,1-5H3,(H,25,26). The lowest BCUT2D eigenvalue weighted by molar-refractivity contribution is -0.118. The maximum absolute atomic E-state index is 12.5. The van der Waals surface area contributed by atoms with E-state index in [2.05, 4.69) is 44.1 Å². The summed E-state index contributed by atoms with van der Waals surface area (Å²) in [6.07, 6.45) is 0. The van der Waals surface area contributed by atoms with Crippen molar-refractivity contribution in [3.63, 3.8) is 0 Å². The zero-order chi connectivity index (χ0) is 20.3. The summed E-state index contributed by atoms with van der Waals surface area (Å²) in [5.41, 5.74) is 4.72. The molecule has 0 saturated heterocycles. The molecule has 0 fully saturated rings. The van der Waals surface area contributed by atoms with Crippen LogP contribution in [0.15, 0.2) is 47.8 Å². The lowest BCUT2D eigenvalue weighted by Gasteiger charge is -2.23. The van der Waals surface area contributed by atoms with E-state index in [-0.39, 0.29) is 17.9 Å². The van der Waals surface area contributed by atoms with E-state index in [1.165, 1.54) is 5.56 Å². The number of hydrogen-bond donors (Lipinski definition) is 1. The number of carbonyl (C=O) groups is 1. The molecular formula is C23H26N2O2S. The van der Waals surface area contributed by atoms with Gasteiger partial charge in [-0.05, 0) is 37.0 Å². The van der Waals surface area contributed by atoms with E-state index in [9.17, 15) is 4.79 Å². The minimum atomic E-state index is -0.195. The zero-order valence-corrected chi connectivity index (χ0v) is 17.8. The molecule has 0 aliphatic heterocycles. The van der Waals surface area contributed by atoms with Gasteiger partial charge in [-0.15, -0.1) is 11.3 Å². The highest BCUT2D eigenvalue weighted by Gasteiger charge is 2.20. The number of rotatable bonds is 5. The Morgan fingerprint density at radius 2 is 1.89 bits per heavy atom. The van der Waals surface area contributed by atoms with Crippen LogP contribution in [0, 0.1) is 13.8 Å². The van der Waals surface area contributed by atoms with Gasteiger partial charge in [0.2, 0.25) is 0 Å². The molecule has 0 atom stereocenters. The van der Waals surface area contributed by atoms with Crippen LogP contribution >= 0.6 is 11.3 Å². The van der Waals surface area contributed by atoms with Crippen molar-refractivity contribution in [2.75, 3.05) is 11.9 Å². The van der Waals surface area contributed by atoms with Gasteiger partial charge in [0.15, 0.2) is 6.61 Å². The lowest BCUT2D eigenvalue weighted by atomic mass is 9.85. The molecule has 146 valence electrons. The van der Waals surface area contributed by atoms with Gasteiger partial charge in [-0.25, -0.2) is 4.98 Å². The summed E-state index contributed by atoms with van der Waals surface area (Å²) >= 11 is 1.59. The molecule has 0 aliphatic carbocycles. The summed E-state index contributed by atoms with van der Waals surface area (Å²) in [7, 11) is 0. The van der Waals surface area contributed by atoms with Crippen molar-refractivity contribution in [3.8, 4) is 17.0 Å². The van der Waals surface area contributed by atoms with E-state index in [0.717, 1.165) is 33.3 Å². The predicted molar refractivity (Wildman–Crippen MR) is 116 cm³/mol. The topological polar surface area (TPSA) is 51.2 Å². The minimum Gasteiger partial charge on any atom is -0.483 e. The van der Waals surface area contributed by atoms with Gasteiger partial charge in [0.1, 0.15) is 5.75 Å². The molecule has 5 heteroatoms. The fourth-order valence-corrected chi connectivity index (χ4v) is 3.60. The van der Waals surface area contributed by atoms with Crippen LogP contribution in [0.25, 0.3) is 11.3 Å². The molecule has 1 heterocycles. The number of para-hydroxylation sites is 1. The number of thiazole rings is 1. The molecule has 0 saturated carbocycles. The highest BCUT2D eigenvalue weighted by molar-refractivity contribution is 7.09. The van der Waals surface area contributed by atoms with Crippen LogP contribution in [0.2, 0.25) is 0 Å². The molecule has 0 aliphatic rings. The highest BCUT2D eigenvalue weighted by atomic mass is 32.1. The summed E-state index contributed by atoms with van der Waals surface area (Å²) in [6.45, 7) is 10.4. The summed E-state index contributed by atoms with van der Waals surface area (Å²) in [4.78, 5) is 17.1. The SMILES string of the molecule is Cc1ccc(OCC(=O)Nc2ccccc2-c2csc(C)n2)c(C(C)(C)C)c1. The first-order valence-corrected chi connectivity index (χ1v) is 10.2. The van der Waals surface area contributed by atoms with Gasteiger partial charge < -0.3 is 10.1 Å². The number of ether oxygens (including phenoxy) is 1. The first-order valence-electron chi connectivity index (χ1n) is 9.29. The van der Waals surface area contributed by atoms with Crippen LogP contribution in [0.4, 0.5) is 5.69 Å². The Balaban J connectivity index is 1.73. The molecule has 3 rings (SSSR count). The van der Waals surface area contributed by atoms with Crippen LogP contribution in [-0.2, 0) is 10.2 Å². The third-order valence-electron chi connectivity index (χ3n) is 4.40. The Morgan fingerprint density at radius 3 is 2.57 bits per heavy atom. The first-order chi connectivity index (χ1) is 13.2. The van der Waals surface area contributed by atoms with Gasteiger partial charge in [-0.3, -0.25) is 4.79 Å². The van der Waals surface area contributed by atoms with Gasteiger partial charge in [0.05, 0.1) is 16.4 Å². The molecule has 3 aromatic rings. The molecule has 0 unspecified atom stereocenters. The second kappa shape index (κ2) is 8.15. The molecule has 0 bridgehead atoms. The Kier molecular flexibility index (Phi) is 5.84. The van der Waals surface area contributed by atoms with Gasteiger partial charge >= 0.3 is 0 Å². The van der Waals surface area contributed by atoms with Crippen LogP contribution in [0.1, 0.15) is 36.9 Å². The van der Waals surface area contributed by atoms with Crippen molar-refractivity contribution in [1.29, 1.82) is 0 Å². The molecule has 0 radical (unpaired) electrons. The van der Waals surface area contributed by atoms with E-state index in [0.29, 0.717) is 0 Å². The van der Waals surface area contributed by atoms with E-state index in [4.69, 9.17) is 4.74 Å². The van der Waals surface area contributed by atoms with Gasteiger partial charge in [-0.2, -0.15) is 0 Å². The molecule has 1 aromatic heterocycles. The highest BCUT2D eigenvalue weighted by Crippen LogP contribution is 2.32. The Hall–Kier alpha value is -2.66. The summed E-state index contributed by atoms with van der Waals surface area (Å²) in [6, 6.07) is 13.7. The van der Waals surface area contributed by atoms with Gasteiger partial charge in [0, 0.05) is 10.9 Å². The summed E-state index contributed by atoms with van der Waals surface area (Å²) in [5, 5.41) is 5.95. The van der Waals surface area contributed by atoms with Crippen molar-refractivity contribution in [2.24, 2.45) is 0 Å². The number of amides is 1. The lowest BCUT2D eigenvalue weighted by Crippen LogP contribution is -2.22. The second-order valence-corrected chi connectivity index (χ2v) is 8.95. The third-order valence-corrected chi connectivity index (χ3v) is 5.17. The first kappa shape index (κ1) is 20.1.